The Morgan fingerprint density at radius 2 is 1.95 bits per heavy atom. The zero-order chi connectivity index (χ0) is 14.5. The number of hydrogen-bond donors (Lipinski definition) is 1. The van der Waals surface area contributed by atoms with Crippen LogP contribution in [0.25, 0.3) is 0 Å². The number of halogens is 2. The molecule has 0 bridgehead atoms. The van der Waals surface area contributed by atoms with Crippen LogP contribution < -0.4 is 10.6 Å². The minimum atomic E-state index is -0.234. The Hall–Kier alpha value is -1.55. The number of benzene rings is 2. The predicted molar refractivity (Wildman–Crippen MR) is 86.3 cm³/mol. The van der Waals surface area contributed by atoms with E-state index >= 15 is 0 Å². The molecule has 4 heteroatoms. The van der Waals surface area contributed by atoms with E-state index < -0.39 is 0 Å². The molecule has 2 N–H and O–H groups in total. The molecule has 0 aliphatic carbocycles. The Morgan fingerprint density at radius 3 is 2.60 bits per heavy atom. The monoisotopic (exact) mass is 336 g/mol. The van der Waals surface area contributed by atoms with Gasteiger partial charge in [0.15, 0.2) is 0 Å². The number of rotatable bonds is 5. The average Bonchev–Trinajstić information content (AvgIpc) is 2.42. The third-order valence-electron chi connectivity index (χ3n) is 3.15. The molecule has 0 heterocycles. The van der Waals surface area contributed by atoms with E-state index in [1.807, 2.05) is 24.3 Å². The molecule has 2 aromatic carbocycles. The highest BCUT2D eigenvalue weighted by atomic mass is 79.9. The molecular formula is C16H18BrFN2. The molecule has 0 amide bonds. The van der Waals surface area contributed by atoms with Gasteiger partial charge in [0.05, 0.1) is 11.4 Å². The summed E-state index contributed by atoms with van der Waals surface area (Å²) in [7, 11) is 0. The molecule has 0 atom stereocenters. The summed E-state index contributed by atoms with van der Waals surface area (Å²) in [5.74, 6) is -0.234. The number of hydrogen-bond acceptors (Lipinski definition) is 2. The van der Waals surface area contributed by atoms with Gasteiger partial charge in [0.1, 0.15) is 5.82 Å². The van der Waals surface area contributed by atoms with Crippen molar-refractivity contribution < 1.29 is 4.39 Å². The van der Waals surface area contributed by atoms with E-state index in [0.717, 1.165) is 34.4 Å². The van der Waals surface area contributed by atoms with Crippen LogP contribution in [-0.4, -0.2) is 6.54 Å². The van der Waals surface area contributed by atoms with E-state index in [0.29, 0.717) is 6.54 Å². The summed E-state index contributed by atoms with van der Waals surface area (Å²) in [5.41, 5.74) is 8.88. The van der Waals surface area contributed by atoms with Crippen LogP contribution in [0.15, 0.2) is 46.9 Å². The molecule has 0 unspecified atom stereocenters. The lowest BCUT2D eigenvalue weighted by molar-refractivity contribution is 0.625. The number of nitrogen functional groups attached to an aromatic ring is 1. The second-order valence-corrected chi connectivity index (χ2v) is 5.57. The van der Waals surface area contributed by atoms with Crippen molar-refractivity contribution in [3.05, 3.63) is 58.3 Å². The first-order valence-corrected chi connectivity index (χ1v) is 7.44. The second kappa shape index (κ2) is 6.75. The van der Waals surface area contributed by atoms with Crippen molar-refractivity contribution in [3.8, 4) is 0 Å². The summed E-state index contributed by atoms with van der Waals surface area (Å²) in [6.45, 7) is 3.73. The van der Waals surface area contributed by atoms with Crippen LogP contribution in [0.5, 0.6) is 0 Å². The van der Waals surface area contributed by atoms with E-state index in [4.69, 9.17) is 5.73 Å². The number of para-hydroxylation sites is 2. The quantitative estimate of drug-likeness (QED) is 0.809. The van der Waals surface area contributed by atoms with E-state index in [9.17, 15) is 4.39 Å². The zero-order valence-electron chi connectivity index (χ0n) is 11.4. The normalized spacial score (nSPS) is 10.6. The molecular weight excluding hydrogens is 319 g/mol. The lowest BCUT2D eigenvalue weighted by atomic mass is 10.1. The molecule has 0 radical (unpaired) electrons. The first-order chi connectivity index (χ1) is 9.61. The van der Waals surface area contributed by atoms with E-state index in [-0.39, 0.29) is 5.82 Å². The molecule has 20 heavy (non-hydrogen) atoms. The maximum atomic E-state index is 13.2. The Labute approximate surface area is 127 Å². The molecule has 106 valence electrons. The third kappa shape index (κ3) is 3.51. The standard InChI is InChI=1S/C16H18BrFN2/c1-2-9-20(16-6-4-3-5-15(16)19)11-12-7-8-13(18)10-14(12)17/h3-8,10H,2,9,11,19H2,1H3. The van der Waals surface area contributed by atoms with Gasteiger partial charge >= 0.3 is 0 Å². The Kier molecular flexibility index (Phi) is 5.01. The topological polar surface area (TPSA) is 29.3 Å². The van der Waals surface area contributed by atoms with Crippen LogP contribution in [0.4, 0.5) is 15.8 Å². The van der Waals surface area contributed by atoms with Crippen molar-refractivity contribution in [1.82, 2.24) is 0 Å². The van der Waals surface area contributed by atoms with Crippen molar-refractivity contribution in [1.29, 1.82) is 0 Å². The van der Waals surface area contributed by atoms with Gasteiger partial charge in [-0.05, 0) is 36.2 Å². The van der Waals surface area contributed by atoms with E-state index in [1.54, 1.807) is 6.07 Å². The van der Waals surface area contributed by atoms with E-state index in [2.05, 4.69) is 27.8 Å². The summed E-state index contributed by atoms with van der Waals surface area (Å²) in [5, 5.41) is 0. The van der Waals surface area contributed by atoms with Gasteiger partial charge < -0.3 is 10.6 Å². The smallest absolute Gasteiger partial charge is 0.124 e. The van der Waals surface area contributed by atoms with Gasteiger partial charge in [-0.1, -0.05) is 41.1 Å². The largest absolute Gasteiger partial charge is 0.397 e. The SMILES string of the molecule is CCCN(Cc1ccc(F)cc1Br)c1ccccc1N. The van der Waals surface area contributed by atoms with E-state index in [1.165, 1.54) is 12.1 Å². The van der Waals surface area contributed by atoms with Crippen molar-refractivity contribution in [2.24, 2.45) is 0 Å². The van der Waals surface area contributed by atoms with Crippen molar-refractivity contribution in [2.75, 3.05) is 17.2 Å². The predicted octanol–water partition coefficient (Wildman–Crippen LogP) is 4.59. The summed E-state index contributed by atoms with van der Waals surface area (Å²) in [6.07, 6.45) is 1.02. The Balaban J connectivity index is 2.28. The fourth-order valence-corrected chi connectivity index (χ4v) is 2.66. The maximum absolute atomic E-state index is 13.2. The molecule has 0 aliphatic heterocycles. The zero-order valence-corrected chi connectivity index (χ0v) is 13.0. The summed E-state index contributed by atoms with van der Waals surface area (Å²) >= 11 is 3.42. The molecule has 0 spiro atoms. The van der Waals surface area contributed by atoms with Crippen LogP contribution in [0, 0.1) is 5.82 Å². The summed E-state index contributed by atoms with van der Waals surface area (Å²) in [6, 6.07) is 12.6. The van der Waals surface area contributed by atoms with Crippen LogP contribution in [0.3, 0.4) is 0 Å². The van der Waals surface area contributed by atoms with Gasteiger partial charge in [0.2, 0.25) is 0 Å². The highest BCUT2D eigenvalue weighted by molar-refractivity contribution is 9.10. The van der Waals surface area contributed by atoms with Gasteiger partial charge in [0.25, 0.3) is 0 Å². The minimum absolute atomic E-state index is 0.234. The Morgan fingerprint density at radius 1 is 1.20 bits per heavy atom. The number of nitrogens with two attached hydrogens (primary N) is 1. The van der Waals surface area contributed by atoms with Gasteiger partial charge in [-0.25, -0.2) is 4.39 Å². The Bertz CT molecular complexity index is 586. The molecule has 0 saturated heterocycles. The van der Waals surface area contributed by atoms with Crippen LogP contribution in [0.2, 0.25) is 0 Å². The molecule has 2 aromatic rings. The van der Waals surface area contributed by atoms with Gasteiger partial charge in [-0.3, -0.25) is 0 Å². The van der Waals surface area contributed by atoms with Crippen molar-refractivity contribution in [3.63, 3.8) is 0 Å². The van der Waals surface area contributed by atoms with Gasteiger partial charge in [-0.2, -0.15) is 0 Å². The lowest BCUT2D eigenvalue weighted by Gasteiger charge is -2.26. The first kappa shape index (κ1) is 14.9. The van der Waals surface area contributed by atoms with Gasteiger partial charge in [-0.15, -0.1) is 0 Å². The van der Waals surface area contributed by atoms with Gasteiger partial charge in [0, 0.05) is 17.6 Å². The van der Waals surface area contributed by atoms with Crippen LogP contribution >= 0.6 is 15.9 Å². The summed E-state index contributed by atoms with van der Waals surface area (Å²) in [4.78, 5) is 2.22. The fraction of sp³-hybridized carbons (Fsp3) is 0.250. The molecule has 2 rings (SSSR count). The minimum Gasteiger partial charge on any atom is -0.397 e. The highest BCUT2D eigenvalue weighted by Crippen LogP contribution is 2.27. The average molecular weight is 337 g/mol. The van der Waals surface area contributed by atoms with Crippen molar-refractivity contribution in [2.45, 2.75) is 19.9 Å². The molecule has 0 aromatic heterocycles. The first-order valence-electron chi connectivity index (χ1n) is 6.65. The third-order valence-corrected chi connectivity index (χ3v) is 3.89. The number of anilines is 2. The lowest BCUT2D eigenvalue weighted by Crippen LogP contribution is -2.24. The van der Waals surface area contributed by atoms with Crippen LogP contribution in [0.1, 0.15) is 18.9 Å². The molecule has 2 nitrogen and oxygen atoms in total. The number of nitrogens with zero attached hydrogens (tertiary/aromatic N) is 1. The fourth-order valence-electron chi connectivity index (χ4n) is 2.19. The second-order valence-electron chi connectivity index (χ2n) is 4.72. The highest BCUT2D eigenvalue weighted by Gasteiger charge is 2.11. The summed E-state index contributed by atoms with van der Waals surface area (Å²) < 4.78 is 13.9. The van der Waals surface area contributed by atoms with Crippen molar-refractivity contribution >= 4 is 27.3 Å². The molecule has 0 aliphatic rings. The molecule has 0 fully saturated rings. The maximum Gasteiger partial charge on any atom is 0.124 e. The van der Waals surface area contributed by atoms with Crippen LogP contribution in [-0.2, 0) is 6.54 Å². The molecule has 0 saturated carbocycles.